The molecule has 21 rings (SSSR count). The summed E-state index contributed by atoms with van der Waals surface area (Å²) >= 11 is 0. The Kier molecular flexibility index (Phi) is 13.2. The van der Waals surface area contributed by atoms with Crippen LogP contribution in [-0.4, -0.2) is 20.1 Å². The van der Waals surface area contributed by atoms with Crippen molar-refractivity contribution < 1.29 is 18.9 Å². The van der Waals surface area contributed by atoms with Crippen molar-refractivity contribution in [3.05, 3.63) is 333 Å². The fourth-order valence-corrected chi connectivity index (χ4v) is 17.3. The van der Waals surface area contributed by atoms with E-state index in [2.05, 4.69) is 358 Å². The lowest BCUT2D eigenvalue weighted by molar-refractivity contribution is 0.443. The van der Waals surface area contributed by atoms with E-state index in [0.717, 1.165) is 173 Å². The number of hydrogen-bond acceptors (Lipinski definition) is 6. The number of hydrogen-bond donors (Lipinski definition) is 0. The molecule has 0 fully saturated rings. The predicted octanol–water partition coefficient (Wildman–Crippen LogP) is 18.5. The number of fused-ring (bicyclic) bond motifs is 14. The van der Waals surface area contributed by atoms with Gasteiger partial charge in [0.05, 0.1) is 11.4 Å². The Balaban J connectivity index is 0.874. The summed E-state index contributed by atoms with van der Waals surface area (Å²) in [5, 5.41) is 0. The van der Waals surface area contributed by atoms with Crippen molar-refractivity contribution in [3.8, 4) is 113 Å². The third kappa shape index (κ3) is 9.25. The molecule has 0 radical (unpaired) electrons. The Morgan fingerprint density at radius 2 is 0.592 bits per heavy atom. The van der Waals surface area contributed by atoms with Crippen LogP contribution in [-0.2, 0) is 5.41 Å². The van der Waals surface area contributed by atoms with Gasteiger partial charge in [0.15, 0.2) is 0 Å². The second kappa shape index (κ2) is 22.9. The van der Waals surface area contributed by atoms with Crippen LogP contribution in [0.15, 0.2) is 328 Å². The van der Waals surface area contributed by atoms with Crippen LogP contribution in [0.4, 0.5) is 34.1 Å². The number of benzene rings is 15. The van der Waals surface area contributed by atoms with Crippen molar-refractivity contribution in [2.75, 3.05) is 9.80 Å². The maximum absolute atomic E-state index is 8.13. The summed E-state index contributed by atoms with van der Waals surface area (Å²) in [5.74, 6) is 5.91. The number of para-hydroxylation sites is 2. The molecule has 0 bridgehead atoms. The highest BCUT2D eigenvalue weighted by atomic mass is 16.5. The molecule has 0 saturated heterocycles. The van der Waals surface area contributed by atoms with Gasteiger partial charge in [0.25, 0.3) is 20.1 Å². The molecule has 6 heterocycles. The molecule has 6 aliphatic rings. The third-order valence-corrected chi connectivity index (χ3v) is 22.0. The number of ether oxygens (including phenoxy) is 4. The topological polar surface area (TPSA) is 43.4 Å². The van der Waals surface area contributed by atoms with E-state index < -0.39 is 6.71 Å². The first-order valence-electron chi connectivity index (χ1n) is 35.7. The fourth-order valence-electron chi connectivity index (χ4n) is 17.3. The van der Waals surface area contributed by atoms with Gasteiger partial charge in [0.2, 0.25) is 0 Å². The molecule has 0 amide bonds. The van der Waals surface area contributed by atoms with E-state index in [1.54, 1.807) is 0 Å². The molecule has 0 aliphatic carbocycles. The van der Waals surface area contributed by atoms with Crippen molar-refractivity contribution in [2.45, 2.75) is 26.2 Å². The quantitative estimate of drug-likeness (QED) is 0.141. The lowest BCUT2D eigenvalue weighted by Crippen LogP contribution is -2.66. The molecule has 15 aromatic rings. The van der Waals surface area contributed by atoms with Gasteiger partial charge in [-0.3, -0.25) is 0 Å². The number of anilines is 6. The minimum absolute atomic E-state index is 0.278. The molecule has 6 nitrogen and oxygen atoms in total. The summed E-state index contributed by atoms with van der Waals surface area (Å²) in [7, 11) is 0. The van der Waals surface area contributed by atoms with Crippen LogP contribution in [0.5, 0.6) is 46.0 Å². The number of nitrogens with zero attached hydrogens (tertiary/aromatic N) is 2. The van der Waals surface area contributed by atoms with Crippen molar-refractivity contribution in [2.24, 2.45) is 0 Å². The Morgan fingerprint density at radius 1 is 0.223 bits per heavy atom. The molecule has 0 aromatic heterocycles. The van der Waals surface area contributed by atoms with Crippen LogP contribution in [0, 0.1) is 0 Å². The van der Waals surface area contributed by atoms with E-state index in [1.165, 1.54) is 11.0 Å². The first-order chi connectivity index (χ1) is 50.7. The molecule has 0 unspecified atom stereocenters. The minimum atomic E-state index is -0.456. The molecular weight excluding hydrogens is 1250 g/mol. The summed E-state index contributed by atoms with van der Waals surface area (Å²) in [6.07, 6.45) is 0. The van der Waals surface area contributed by atoms with Gasteiger partial charge in [-0.15, -0.1) is 0 Å². The second-order valence-electron chi connectivity index (χ2n) is 28.9. The van der Waals surface area contributed by atoms with Crippen LogP contribution in [0.1, 0.15) is 26.3 Å². The molecule has 103 heavy (non-hydrogen) atoms. The van der Waals surface area contributed by atoms with Gasteiger partial charge in [-0.05, 0) is 148 Å². The molecule has 0 spiro atoms. The van der Waals surface area contributed by atoms with Crippen molar-refractivity contribution in [3.63, 3.8) is 0 Å². The zero-order valence-corrected chi connectivity index (χ0v) is 56.9. The highest BCUT2D eigenvalue weighted by Crippen LogP contribution is 2.53. The molecule has 0 atom stereocenters. The molecular formula is C94H63B3N2O4. The lowest BCUT2D eigenvalue weighted by Gasteiger charge is -2.47. The average Bonchev–Trinajstić information content (AvgIpc) is 0.674. The molecule has 0 saturated carbocycles. The smallest absolute Gasteiger partial charge is 0.265 e. The summed E-state index contributed by atoms with van der Waals surface area (Å²) in [6, 6.07) is 119. The molecule has 15 aromatic carbocycles. The monoisotopic (exact) mass is 1320 g/mol. The van der Waals surface area contributed by atoms with Crippen LogP contribution in [0.25, 0.3) is 66.8 Å². The standard InChI is InChI=1S/C94H63B3N2O4/c1-94(2,3)68-54-78-87-79(55-68)99(76-41-25-23-39-70(76)63-36-20-9-21-37-63)80-56-84-90-92(88(80)96(87)71-46-42-66(60-30-14-6-15-31-60)52-77(71)98(78)75-40-24-22-38-69(75)62-34-18-8-19-35-62)103-83-53-67(61-32-16-7-17-33-61)43-47-72(83)97(90)91-86(101-84)57-85-89-93(91)102-82-49-45-65(59-28-12-5-13-29-59)51-74(82)95(89)73-50-64(44-48-81(73)100-85)58-26-10-4-11-27-58/h4-57H,1-3H3. The summed E-state index contributed by atoms with van der Waals surface area (Å²) in [5.41, 5.74) is 30.0. The Morgan fingerprint density at radius 3 is 1.11 bits per heavy atom. The zero-order valence-electron chi connectivity index (χ0n) is 56.9. The second-order valence-corrected chi connectivity index (χ2v) is 28.9. The first-order valence-corrected chi connectivity index (χ1v) is 35.7. The number of rotatable bonds is 8. The Labute approximate surface area is 600 Å². The Hall–Kier alpha value is -12.7. The maximum Gasteiger partial charge on any atom is 0.265 e. The van der Waals surface area contributed by atoms with Gasteiger partial charge in [-0.1, -0.05) is 288 Å². The van der Waals surface area contributed by atoms with E-state index in [0.29, 0.717) is 17.2 Å². The van der Waals surface area contributed by atoms with Gasteiger partial charge in [-0.25, -0.2) is 0 Å². The SMILES string of the molecule is CC(C)(C)c1cc2c3c(c1)N(c1ccccc1-c1ccccc1)c1cc4c5c(c1B3c1ccc(-c3ccccc3)cc1N2c1ccccc1-c1ccccc1)Oc1cc(-c2ccccc2)ccc1B5c1c(cc2c3c1Oc1ccc(-c5ccccc5)cc1B3c1cc(-c3ccccc3)ccc1O2)O4. The van der Waals surface area contributed by atoms with Crippen LogP contribution in [0.3, 0.4) is 0 Å². The highest BCUT2D eigenvalue weighted by Gasteiger charge is 2.54. The molecule has 0 N–H and O–H groups in total. The van der Waals surface area contributed by atoms with E-state index in [4.69, 9.17) is 18.9 Å². The van der Waals surface area contributed by atoms with Crippen LogP contribution < -0.4 is 77.9 Å². The van der Waals surface area contributed by atoms with Gasteiger partial charge in [0, 0.05) is 62.4 Å². The normalized spacial score (nSPS) is 13.4. The minimum Gasteiger partial charge on any atom is -0.459 e. The average molecular weight is 1320 g/mol. The molecule has 6 aliphatic heterocycles. The van der Waals surface area contributed by atoms with Gasteiger partial charge < -0.3 is 28.7 Å². The van der Waals surface area contributed by atoms with Crippen molar-refractivity contribution in [1.82, 2.24) is 0 Å². The van der Waals surface area contributed by atoms with Gasteiger partial charge >= 0.3 is 0 Å². The lowest BCUT2D eigenvalue weighted by atomic mass is 9.29. The van der Waals surface area contributed by atoms with E-state index in [-0.39, 0.29) is 18.8 Å². The van der Waals surface area contributed by atoms with Crippen molar-refractivity contribution in [1.29, 1.82) is 0 Å². The van der Waals surface area contributed by atoms with Gasteiger partial charge in [-0.2, -0.15) is 0 Å². The van der Waals surface area contributed by atoms with Crippen LogP contribution >= 0.6 is 0 Å². The maximum atomic E-state index is 8.13. The fraction of sp³-hybridized carbons (Fsp3) is 0.0426. The molecule has 482 valence electrons. The predicted molar refractivity (Wildman–Crippen MR) is 427 cm³/mol. The summed E-state index contributed by atoms with van der Waals surface area (Å²) in [4.78, 5) is 5.13. The third-order valence-electron chi connectivity index (χ3n) is 22.0. The largest absolute Gasteiger partial charge is 0.459 e. The Bertz CT molecular complexity index is 5960. The summed E-state index contributed by atoms with van der Waals surface area (Å²) in [6.45, 7) is 5.91. The van der Waals surface area contributed by atoms with E-state index >= 15 is 0 Å². The first kappa shape index (κ1) is 59.2. The van der Waals surface area contributed by atoms with E-state index in [1.807, 2.05) is 0 Å². The summed E-state index contributed by atoms with van der Waals surface area (Å²) < 4.78 is 31.1. The highest BCUT2D eigenvalue weighted by molar-refractivity contribution is 7.04. The zero-order chi connectivity index (χ0) is 68.2. The van der Waals surface area contributed by atoms with Crippen LogP contribution in [0.2, 0.25) is 0 Å². The van der Waals surface area contributed by atoms with Gasteiger partial charge in [0.1, 0.15) is 46.0 Å². The van der Waals surface area contributed by atoms with E-state index in [9.17, 15) is 0 Å². The molecule has 9 heteroatoms. The van der Waals surface area contributed by atoms with Crippen molar-refractivity contribution >= 4 is 103 Å².